The molecule has 9 heteroatoms. The van der Waals surface area contributed by atoms with E-state index in [-0.39, 0.29) is 11.4 Å². The molecule has 1 aromatic rings. The molecule has 6 N–H and O–H groups in total. The zero-order chi connectivity index (χ0) is 13.9. The van der Waals surface area contributed by atoms with E-state index < -0.39 is 24.7 Å². The Morgan fingerprint density at radius 1 is 1.61 bits per heavy atom. The molecule has 0 aliphatic carbocycles. The Hall–Kier alpha value is -1.93. The first-order valence-electron chi connectivity index (χ1n) is 5.02. The van der Waals surface area contributed by atoms with Crippen molar-refractivity contribution in [1.29, 1.82) is 0 Å². The van der Waals surface area contributed by atoms with E-state index in [1.165, 1.54) is 17.8 Å². The number of halogens is 4. The minimum absolute atomic E-state index is 0.0959. The highest BCUT2D eigenvalue weighted by Gasteiger charge is 2.30. The van der Waals surface area contributed by atoms with E-state index in [0.717, 1.165) is 6.20 Å². The highest BCUT2D eigenvalue weighted by atomic mass is 19.4. The molecule has 0 spiro atoms. The summed E-state index contributed by atoms with van der Waals surface area (Å²) in [4.78, 5) is 0. The molecule has 1 heterocycles. The van der Waals surface area contributed by atoms with Gasteiger partial charge in [-0.15, -0.1) is 9.78 Å². The van der Waals surface area contributed by atoms with Crippen LogP contribution >= 0.6 is 0 Å². The third kappa shape index (κ3) is 3.54. The third-order valence-electron chi connectivity index (χ3n) is 2.30. The summed E-state index contributed by atoms with van der Waals surface area (Å²) in [7, 11) is 0. The van der Waals surface area contributed by atoms with Crippen molar-refractivity contribution < 1.29 is 22.2 Å². The van der Waals surface area contributed by atoms with Gasteiger partial charge >= 0.3 is 6.18 Å². The van der Waals surface area contributed by atoms with Gasteiger partial charge in [-0.3, -0.25) is 0 Å². The minimum atomic E-state index is -4.36. The van der Waals surface area contributed by atoms with E-state index in [2.05, 4.69) is 10.4 Å². The van der Waals surface area contributed by atoms with Crippen molar-refractivity contribution in [3.63, 3.8) is 0 Å². The van der Waals surface area contributed by atoms with Crippen LogP contribution in [0.2, 0.25) is 0 Å². The summed E-state index contributed by atoms with van der Waals surface area (Å²) in [6.07, 6.45) is -2.13. The van der Waals surface area contributed by atoms with Crippen LogP contribution in [0.3, 0.4) is 0 Å². The zero-order valence-electron chi connectivity index (χ0n) is 9.55. The molecule has 1 aromatic heterocycles. The molecule has 0 amide bonds. The summed E-state index contributed by atoms with van der Waals surface area (Å²) in [6, 6.07) is -0.635. The predicted molar refractivity (Wildman–Crippen MR) is 56.4 cm³/mol. The van der Waals surface area contributed by atoms with Gasteiger partial charge in [0.2, 0.25) is 12.2 Å². The fourth-order valence-corrected chi connectivity index (χ4v) is 1.32. The number of H-pyrrole nitrogens is 1. The molecule has 102 valence electrons. The van der Waals surface area contributed by atoms with Crippen LogP contribution in [0.25, 0.3) is 0 Å². The van der Waals surface area contributed by atoms with Crippen LogP contribution in [0.4, 0.5) is 23.2 Å². The number of nitrogens with one attached hydrogen (secondary N) is 2. The van der Waals surface area contributed by atoms with Crippen molar-refractivity contribution in [3.8, 4) is 0 Å². The fraction of sp³-hybridized carbons (Fsp3) is 0.444. The van der Waals surface area contributed by atoms with E-state index in [0.29, 0.717) is 0 Å². The van der Waals surface area contributed by atoms with Gasteiger partial charge in [0.25, 0.3) is 5.95 Å². The maximum atomic E-state index is 13.0. The Labute approximate surface area is 100 Å². The largest absolute Gasteiger partial charge is 0.405 e. The molecule has 1 atom stereocenters. The molecule has 0 saturated heterocycles. The number of rotatable bonds is 4. The quantitative estimate of drug-likeness (QED) is 0.475. The van der Waals surface area contributed by atoms with E-state index in [1.54, 1.807) is 0 Å². The summed E-state index contributed by atoms with van der Waals surface area (Å²) in [6.45, 7) is 0.317. The summed E-state index contributed by atoms with van der Waals surface area (Å²) in [5, 5.41) is 4.41. The number of alkyl halides is 3. The van der Waals surface area contributed by atoms with Crippen molar-refractivity contribution in [2.24, 2.45) is 5.73 Å². The van der Waals surface area contributed by atoms with Gasteiger partial charge in [0.1, 0.15) is 6.54 Å². The van der Waals surface area contributed by atoms with E-state index in [1.807, 2.05) is 0 Å². The van der Waals surface area contributed by atoms with Crippen LogP contribution in [-0.2, 0) is 0 Å². The topological polar surface area (TPSA) is 83.7 Å². The van der Waals surface area contributed by atoms with Crippen LogP contribution in [-0.4, -0.2) is 17.8 Å². The summed E-state index contributed by atoms with van der Waals surface area (Å²) >= 11 is 0. The third-order valence-corrected chi connectivity index (χ3v) is 2.30. The van der Waals surface area contributed by atoms with Crippen LogP contribution < -0.4 is 21.5 Å². The number of aromatic amines is 1. The first-order valence-corrected chi connectivity index (χ1v) is 5.02. The smallest absolute Gasteiger partial charge is 0.403 e. The molecule has 0 fully saturated rings. The summed E-state index contributed by atoms with van der Waals surface area (Å²) in [5.74, 6) is -0.756. The summed E-state index contributed by atoms with van der Waals surface area (Å²) < 4.78 is 50.4. The number of nitrogens with zero attached hydrogens (tertiary/aromatic N) is 1. The number of anilines is 1. The maximum Gasteiger partial charge on any atom is 0.405 e. The van der Waals surface area contributed by atoms with Crippen LogP contribution in [0, 0.1) is 5.95 Å². The molecule has 0 saturated carbocycles. The number of nitrogen functional groups attached to an aromatic ring is 1. The maximum absolute atomic E-state index is 13.0. The lowest BCUT2D eigenvalue weighted by Gasteiger charge is -2.13. The molecule has 1 unspecified atom stereocenters. The monoisotopic (exact) mass is 268 g/mol. The van der Waals surface area contributed by atoms with Crippen molar-refractivity contribution in [2.75, 3.05) is 12.3 Å². The number of nitrogens with two attached hydrogens (primary N) is 2. The Balaban J connectivity index is 2.77. The van der Waals surface area contributed by atoms with Gasteiger partial charge in [0.15, 0.2) is 5.69 Å². The number of allylic oxidation sites excluding steroid dienone is 1. The average molecular weight is 268 g/mol. The van der Waals surface area contributed by atoms with Gasteiger partial charge in [-0.2, -0.15) is 17.6 Å². The van der Waals surface area contributed by atoms with Crippen LogP contribution in [0.5, 0.6) is 0 Å². The standard InChI is InChI=1S/C9H13F4N5/c1-5(18-3-6(15)8(10)17-18)7(2-14)16-4-9(11,12)13/h2-3,5,16H,4,14-15H2,1H3/p+1/b7-2-. The minimum Gasteiger partial charge on any atom is -0.403 e. The molecule has 0 aliphatic rings. The van der Waals surface area contributed by atoms with Crippen LogP contribution in [0.1, 0.15) is 13.0 Å². The molecule has 0 bridgehead atoms. The number of hydrogen-bond donors (Lipinski definition) is 4. The number of aromatic nitrogens is 2. The first kappa shape index (κ1) is 14.1. The Kier molecular flexibility index (Phi) is 4.04. The molecule has 0 aromatic carbocycles. The molecule has 18 heavy (non-hydrogen) atoms. The van der Waals surface area contributed by atoms with E-state index >= 15 is 0 Å². The molecule has 0 aliphatic heterocycles. The van der Waals surface area contributed by atoms with Crippen molar-refractivity contribution in [3.05, 3.63) is 24.0 Å². The molecule has 0 radical (unpaired) electrons. The lowest BCUT2D eigenvalue weighted by molar-refractivity contribution is -0.765. The molecule has 1 rings (SSSR count). The van der Waals surface area contributed by atoms with Gasteiger partial charge in [-0.1, -0.05) is 0 Å². The van der Waals surface area contributed by atoms with E-state index in [9.17, 15) is 17.6 Å². The average Bonchev–Trinajstić information content (AvgIpc) is 2.58. The Morgan fingerprint density at radius 2 is 2.22 bits per heavy atom. The van der Waals surface area contributed by atoms with Gasteiger partial charge in [0, 0.05) is 13.1 Å². The summed E-state index contributed by atoms with van der Waals surface area (Å²) in [5.41, 5.74) is 10.5. The lowest BCUT2D eigenvalue weighted by atomic mass is 10.2. The number of hydrogen-bond acceptors (Lipinski definition) is 3. The van der Waals surface area contributed by atoms with Gasteiger partial charge < -0.3 is 16.8 Å². The lowest BCUT2D eigenvalue weighted by Crippen LogP contribution is -2.44. The second kappa shape index (κ2) is 5.15. The molecular formula is C9H14F4N5+. The normalized spacial score (nSPS) is 14.6. The molecular weight excluding hydrogens is 254 g/mol. The second-order valence-corrected chi connectivity index (χ2v) is 3.68. The van der Waals surface area contributed by atoms with Crippen molar-refractivity contribution >= 4 is 5.69 Å². The zero-order valence-corrected chi connectivity index (χ0v) is 9.55. The fourth-order valence-electron chi connectivity index (χ4n) is 1.32. The predicted octanol–water partition coefficient (Wildman–Crippen LogP) is 0.536. The highest BCUT2D eigenvalue weighted by Crippen LogP contribution is 2.15. The van der Waals surface area contributed by atoms with Crippen molar-refractivity contribution in [2.45, 2.75) is 19.1 Å². The highest BCUT2D eigenvalue weighted by molar-refractivity contribution is 5.29. The van der Waals surface area contributed by atoms with E-state index in [4.69, 9.17) is 11.5 Å². The Morgan fingerprint density at radius 3 is 2.61 bits per heavy atom. The van der Waals surface area contributed by atoms with Crippen LogP contribution in [0.15, 0.2) is 18.1 Å². The first-order chi connectivity index (χ1) is 8.24. The molecule has 5 nitrogen and oxygen atoms in total. The van der Waals surface area contributed by atoms with Gasteiger partial charge in [0.05, 0.1) is 5.70 Å². The SMILES string of the molecule is CC(/C(=C/N)NCC(F)(F)F)[n+]1cc(N)c(F)[nH]1. The van der Waals surface area contributed by atoms with Gasteiger partial charge in [-0.05, 0) is 0 Å². The second-order valence-electron chi connectivity index (χ2n) is 3.68. The van der Waals surface area contributed by atoms with Crippen molar-refractivity contribution in [1.82, 2.24) is 10.4 Å². The van der Waals surface area contributed by atoms with Gasteiger partial charge in [-0.25, -0.2) is 0 Å². The Bertz CT molecular complexity index is 417.